The van der Waals surface area contributed by atoms with Gasteiger partial charge in [-0.05, 0) is 0 Å². The minimum Gasteiger partial charge on any atom is -0.790 e. The maximum Gasteiger partial charge on any atom is 1.00 e. The van der Waals surface area contributed by atoms with E-state index in [9.17, 15) is 29.0 Å². The Hall–Kier alpha value is 0.930. The molecule has 128 valence electrons. The number of carbonyl (C=O) groups is 2. The summed E-state index contributed by atoms with van der Waals surface area (Å²) < 4.78 is 19.8. The molecule has 2 fully saturated rings. The number of nitrogens with zero attached hydrogens (tertiary/aromatic N) is 1. The fourth-order valence-electron chi connectivity index (χ4n) is 2.23. The standard InChI is InChI=1S/C10H17N2O8P.2Na.H2O/c1-5-3-12(10(15)11-9(5)14)8-2-6(13)7(20-8)4-19-21(16,17)18;;;/h5-8,13H,2-4H2,1H3,(H,11,14,15)(H2,16,17,18);;;1H2/q;2*+1;/p-2/t5?,6-,7+,8+;;;/m0.../s1. The normalized spacial score (nSPS) is 29.9. The Kier molecular flexibility index (Phi) is 12.4. The minimum absolute atomic E-state index is 0. The molecule has 3 amide bonds. The van der Waals surface area contributed by atoms with Gasteiger partial charge in [-0.25, -0.2) is 4.79 Å². The fraction of sp³-hybridized carbons (Fsp3) is 0.800. The maximum atomic E-state index is 11.7. The molecule has 0 aromatic rings. The summed E-state index contributed by atoms with van der Waals surface area (Å²) in [5.74, 6) is -0.824. The number of phosphoric acid groups is 1. The van der Waals surface area contributed by atoms with Gasteiger partial charge >= 0.3 is 65.1 Å². The number of urea groups is 1. The van der Waals surface area contributed by atoms with Gasteiger partial charge in [-0.1, -0.05) is 6.92 Å². The molecule has 1 unspecified atom stereocenters. The molecule has 2 saturated heterocycles. The van der Waals surface area contributed by atoms with Crippen LogP contribution in [-0.2, 0) is 18.6 Å². The zero-order valence-corrected chi connectivity index (χ0v) is 18.5. The Morgan fingerprint density at radius 3 is 2.54 bits per heavy atom. The van der Waals surface area contributed by atoms with Crippen LogP contribution in [0.2, 0.25) is 0 Å². The molecule has 0 radical (unpaired) electrons. The van der Waals surface area contributed by atoms with Crippen LogP contribution in [-0.4, -0.2) is 59.0 Å². The molecule has 0 saturated carbocycles. The molecule has 2 aliphatic heterocycles. The molecule has 4 atom stereocenters. The summed E-state index contributed by atoms with van der Waals surface area (Å²) in [6.07, 6.45) is -2.90. The van der Waals surface area contributed by atoms with Crippen LogP contribution in [0.3, 0.4) is 0 Å². The van der Waals surface area contributed by atoms with Crippen molar-refractivity contribution in [2.45, 2.75) is 31.8 Å². The maximum absolute atomic E-state index is 11.7. The van der Waals surface area contributed by atoms with Gasteiger partial charge in [0.05, 0.1) is 26.5 Å². The van der Waals surface area contributed by atoms with E-state index in [4.69, 9.17) is 4.74 Å². The topological polar surface area (TPSA) is 183 Å². The Labute approximate surface area is 182 Å². The average Bonchev–Trinajstić information content (AvgIpc) is 2.72. The SMILES string of the molecule is CC1CN([C@H]2C[C@H](O)[C@@H](COP(=O)([O-])[O-])O2)C(=O)NC1=O.O.[Na+].[Na+]. The molecule has 4 N–H and O–H groups in total. The van der Waals surface area contributed by atoms with Gasteiger partial charge in [0, 0.05) is 13.0 Å². The second-order valence-electron chi connectivity index (χ2n) is 5.02. The van der Waals surface area contributed by atoms with Crippen LogP contribution in [0.4, 0.5) is 4.79 Å². The van der Waals surface area contributed by atoms with Crippen LogP contribution in [0.25, 0.3) is 0 Å². The van der Waals surface area contributed by atoms with E-state index in [1.807, 2.05) is 0 Å². The van der Waals surface area contributed by atoms with Crippen molar-refractivity contribution in [3.8, 4) is 0 Å². The molecular formula is C10H17N2Na2O9P. The van der Waals surface area contributed by atoms with Crippen LogP contribution >= 0.6 is 7.82 Å². The molecule has 0 aliphatic carbocycles. The van der Waals surface area contributed by atoms with Crippen molar-refractivity contribution in [2.75, 3.05) is 13.2 Å². The predicted molar refractivity (Wildman–Crippen MR) is 65.9 cm³/mol. The fourth-order valence-corrected chi connectivity index (χ4v) is 2.56. The van der Waals surface area contributed by atoms with Crippen molar-refractivity contribution in [3.05, 3.63) is 0 Å². The van der Waals surface area contributed by atoms with Crippen molar-refractivity contribution in [2.24, 2.45) is 5.92 Å². The Balaban J connectivity index is 0. The van der Waals surface area contributed by atoms with Crippen LogP contribution in [0.15, 0.2) is 0 Å². The molecule has 0 aromatic carbocycles. The Bertz CT molecular complexity index is 491. The van der Waals surface area contributed by atoms with Gasteiger partial charge < -0.3 is 34.2 Å². The molecule has 11 nitrogen and oxygen atoms in total. The van der Waals surface area contributed by atoms with Gasteiger partial charge in [-0.2, -0.15) is 0 Å². The van der Waals surface area contributed by atoms with E-state index < -0.39 is 50.7 Å². The largest absolute Gasteiger partial charge is 1.00 e. The van der Waals surface area contributed by atoms with Crippen LogP contribution in [0.5, 0.6) is 0 Å². The smallest absolute Gasteiger partial charge is 0.790 e. The monoisotopic (exact) mass is 386 g/mol. The van der Waals surface area contributed by atoms with Crippen molar-refractivity contribution in [1.82, 2.24) is 10.2 Å². The number of amides is 3. The number of hydrogen-bond donors (Lipinski definition) is 2. The summed E-state index contributed by atoms with van der Waals surface area (Å²) in [6, 6.07) is -0.643. The van der Waals surface area contributed by atoms with Crippen molar-refractivity contribution >= 4 is 19.8 Å². The number of nitrogens with one attached hydrogen (secondary N) is 1. The van der Waals surface area contributed by atoms with Gasteiger partial charge in [0.1, 0.15) is 12.3 Å². The zero-order chi connectivity index (χ0) is 15.8. The van der Waals surface area contributed by atoms with E-state index in [0.29, 0.717) is 0 Å². The van der Waals surface area contributed by atoms with Gasteiger partial charge in [-0.15, -0.1) is 0 Å². The van der Waals surface area contributed by atoms with Gasteiger partial charge in [0.2, 0.25) is 5.91 Å². The summed E-state index contributed by atoms with van der Waals surface area (Å²) in [5.41, 5.74) is 0. The number of imide groups is 1. The number of carbonyl (C=O) groups excluding carboxylic acids is 2. The number of ether oxygens (including phenoxy) is 1. The van der Waals surface area contributed by atoms with Gasteiger partial charge in [0.25, 0.3) is 0 Å². The molecule has 0 spiro atoms. The molecule has 0 aromatic heterocycles. The summed E-state index contributed by atoms with van der Waals surface area (Å²) >= 11 is 0. The summed E-state index contributed by atoms with van der Waals surface area (Å²) in [5, 5.41) is 11.9. The molecule has 24 heavy (non-hydrogen) atoms. The zero-order valence-electron chi connectivity index (χ0n) is 13.6. The van der Waals surface area contributed by atoms with E-state index in [0.717, 1.165) is 0 Å². The molecule has 2 aliphatic rings. The third-order valence-electron chi connectivity index (χ3n) is 3.36. The minimum atomic E-state index is -5.16. The summed E-state index contributed by atoms with van der Waals surface area (Å²) in [6.45, 7) is 1.13. The molecule has 14 heteroatoms. The molecular weight excluding hydrogens is 369 g/mol. The predicted octanol–water partition coefficient (Wildman–Crippen LogP) is -9.32. The molecule has 2 heterocycles. The number of hydrogen-bond acceptors (Lipinski definition) is 8. The van der Waals surface area contributed by atoms with Crippen molar-refractivity contribution in [1.29, 1.82) is 0 Å². The first kappa shape index (κ1) is 27.2. The van der Waals surface area contributed by atoms with Crippen molar-refractivity contribution in [3.63, 3.8) is 0 Å². The molecule has 0 bridgehead atoms. The summed E-state index contributed by atoms with van der Waals surface area (Å²) in [7, 11) is -5.16. The Morgan fingerprint density at radius 2 is 2.00 bits per heavy atom. The van der Waals surface area contributed by atoms with Gasteiger partial charge in [-0.3, -0.25) is 15.0 Å². The molecule has 2 rings (SSSR count). The van der Waals surface area contributed by atoms with E-state index in [2.05, 4.69) is 9.84 Å². The second-order valence-corrected chi connectivity index (χ2v) is 6.18. The van der Waals surface area contributed by atoms with E-state index in [-0.39, 0.29) is 77.6 Å². The van der Waals surface area contributed by atoms with E-state index >= 15 is 0 Å². The van der Waals surface area contributed by atoms with Crippen molar-refractivity contribution < 1.29 is 103 Å². The first-order chi connectivity index (χ1) is 9.67. The van der Waals surface area contributed by atoms with Crippen LogP contribution < -0.4 is 74.2 Å². The second kappa shape index (κ2) is 10.9. The third-order valence-corrected chi connectivity index (χ3v) is 3.82. The average molecular weight is 386 g/mol. The number of aliphatic hydroxyl groups excluding tert-OH is 1. The van der Waals surface area contributed by atoms with Crippen LogP contribution in [0, 0.1) is 5.92 Å². The van der Waals surface area contributed by atoms with E-state index in [1.54, 1.807) is 6.92 Å². The Morgan fingerprint density at radius 1 is 1.42 bits per heavy atom. The van der Waals surface area contributed by atoms with Gasteiger partial charge in [0.15, 0.2) is 0 Å². The van der Waals surface area contributed by atoms with Crippen LogP contribution in [0.1, 0.15) is 13.3 Å². The number of phosphoric ester groups is 1. The summed E-state index contributed by atoms with van der Waals surface area (Å²) in [4.78, 5) is 45.1. The number of rotatable bonds is 4. The quantitative estimate of drug-likeness (QED) is 0.352. The first-order valence-corrected chi connectivity index (χ1v) is 7.75. The van der Waals surface area contributed by atoms with E-state index in [1.165, 1.54) is 4.90 Å². The third kappa shape index (κ3) is 7.28. The first-order valence-electron chi connectivity index (χ1n) is 6.29. The number of aliphatic hydroxyl groups is 1.